The van der Waals surface area contributed by atoms with Gasteiger partial charge in [-0.2, -0.15) is 5.10 Å². The number of hydrogen-bond acceptors (Lipinski definition) is 4. The van der Waals surface area contributed by atoms with Crippen molar-refractivity contribution in [1.29, 1.82) is 0 Å². The summed E-state index contributed by atoms with van der Waals surface area (Å²) in [7, 11) is -3.09. The number of urea groups is 1. The molecule has 3 aliphatic rings. The molecular formula is C24H30F2N4O3S. The molecule has 7 nitrogen and oxygen atoms in total. The van der Waals surface area contributed by atoms with E-state index in [1.54, 1.807) is 21.9 Å². The topological polar surface area (TPSA) is 86.4 Å². The highest BCUT2D eigenvalue weighted by molar-refractivity contribution is 7.91. The van der Waals surface area contributed by atoms with Crippen LogP contribution in [-0.2, 0) is 15.8 Å². The van der Waals surface area contributed by atoms with Crippen molar-refractivity contribution in [2.75, 3.05) is 37.7 Å². The van der Waals surface area contributed by atoms with Gasteiger partial charge in [0.2, 0.25) is 0 Å². The molecule has 2 unspecified atom stereocenters. The maximum Gasteiger partial charge on any atom is 0.320 e. The zero-order chi connectivity index (χ0) is 24.1. The van der Waals surface area contributed by atoms with Gasteiger partial charge in [0.05, 0.1) is 17.2 Å². The second-order valence-electron chi connectivity index (χ2n) is 9.99. The summed E-state index contributed by atoms with van der Waals surface area (Å²) < 4.78 is 51.0. The van der Waals surface area contributed by atoms with Crippen molar-refractivity contribution < 1.29 is 22.0 Å². The van der Waals surface area contributed by atoms with Gasteiger partial charge in [-0.3, -0.25) is 5.10 Å². The Morgan fingerprint density at radius 1 is 1.03 bits per heavy atom. The lowest BCUT2D eigenvalue weighted by atomic mass is 9.82. The first-order chi connectivity index (χ1) is 16.1. The fourth-order valence-electron chi connectivity index (χ4n) is 5.03. The molecule has 2 atom stereocenters. The summed E-state index contributed by atoms with van der Waals surface area (Å²) in [4.78, 5) is 16.8. The highest BCUT2D eigenvalue weighted by atomic mass is 32.2. The number of aromatic nitrogens is 2. The van der Waals surface area contributed by atoms with Crippen molar-refractivity contribution >= 4 is 15.9 Å². The highest BCUT2D eigenvalue weighted by Crippen LogP contribution is 2.41. The molecule has 1 aromatic heterocycles. The SMILES string of the molecule is CC(F)(F)c1ccc(C2CC(c3cc(C4CC4)[nH]n3)CN(C(=O)N3CCS(=O)(=O)CC3)C2)cc1. The molecule has 34 heavy (non-hydrogen) atoms. The minimum Gasteiger partial charge on any atom is -0.323 e. The first-order valence-electron chi connectivity index (χ1n) is 11.9. The average molecular weight is 493 g/mol. The second kappa shape index (κ2) is 8.62. The summed E-state index contributed by atoms with van der Waals surface area (Å²) in [5, 5.41) is 7.69. The van der Waals surface area contributed by atoms with Gasteiger partial charge in [-0.15, -0.1) is 0 Å². The Kier molecular flexibility index (Phi) is 5.90. The number of aromatic amines is 1. The smallest absolute Gasteiger partial charge is 0.320 e. The molecule has 1 N–H and O–H groups in total. The molecule has 1 aliphatic carbocycles. The summed E-state index contributed by atoms with van der Waals surface area (Å²) in [5.74, 6) is -2.42. The maximum atomic E-state index is 13.7. The normalized spacial score (nSPS) is 25.4. The largest absolute Gasteiger partial charge is 0.323 e. The molecule has 2 amide bonds. The van der Waals surface area contributed by atoms with Crippen LogP contribution in [0.5, 0.6) is 0 Å². The van der Waals surface area contributed by atoms with E-state index in [-0.39, 0.29) is 48.0 Å². The second-order valence-corrected chi connectivity index (χ2v) is 12.3. The summed E-state index contributed by atoms with van der Waals surface area (Å²) in [6.07, 6.45) is 3.08. The van der Waals surface area contributed by atoms with Gasteiger partial charge in [0.1, 0.15) is 0 Å². The van der Waals surface area contributed by atoms with Crippen LogP contribution in [0.1, 0.15) is 66.5 Å². The molecule has 3 fully saturated rings. The van der Waals surface area contributed by atoms with Crippen LogP contribution < -0.4 is 0 Å². The van der Waals surface area contributed by atoms with Crippen LogP contribution >= 0.6 is 0 Å². The Balaban J connectivity index is 1.38. The number of benzene rings is 1. The third-order valence-electron chi connectivity index (χ3n) is 7.28. The molecule has 5 rings (SSSR count). The third kappa shape index (κ3) is 4.96. The van der Waals surface area contributed by atoms with Crippen LogP contribution in [0, 0.1) is 0 Å². The fraction of sp³-hybridized carbons (Fsp3) is 0.583. The van der Waals surface area contributed by atoms with E-state index in [4.69, 9.17) is 0 Å². The van der Waals surface area contributed by atoms with E-state index in [2.05, 4.69) is 16.3 Å². The Morgan fingerprint density at radius 2 is 1.68 bits per heavy atom. The zero-order valence-corrected chi connectivity index (χ0v) is 20.0. The van der Waals surface area contributed by atoms with Crippen molar-refractivity contribution in [3.05, 3.63) is 52.8 Å². The number of nitrogens with zero attached hydrogens (tertiary/aromatic N) is 3. The van der Waals surface area contributed by atoms with E-state index in [1.807, 2.05) is 0 Å². The van der Waals surface area contributed by atoms with Crippen LogP contribution in [-0.4, -0.2) is 72.1 Å². The maximum absolute atomic E-state index is 13.7. The van der Waals surface area contributed by atoms with Crippen molar-refractivity contribution in [2.24, 2.45) is 0 Å². The summed E-state index contributed by atoms with van der Waals surface area (Å²) in [5.41, 5.74) is 2.93. The van der Waals surface area contributed by atoms with Gasteiger partial charge in [-0.05, 0) is 30.9 Å². The number of carbonyl (C=O) groups excluding carboxylic acids is 1. The summed E-state index contributed by atoms with van der Waals surface area (Å²) in [6, 6.07) is 8.31. The molecule has 2 aliphatic heterocycles. The van der Waals surface area contributed by atoms with Crippen LogP contribution in [0.4, 0.5) is 13.6 Å². The average Bonchev–Trinajstić information content (AvgIpc) is 3.54. The van der Waals surface area contributed by atoms with E-state index in [0.717, 1.165) is 43.1 Å². The van der Waals surface area contributed by atoms with Gasteiger partial charge in [0.25, 0.3) is 5.92 Å². The zero-order valence-electron chi connectivity index (χ0n) is 19.2. The Labute approximate surface area is 198 Å². The lowest BCUT2D eigenvalue weighted by Gasteiger charge is -2.40. The Morgan fingerprint density at radius 3 is 2.29 bits per heavy atom. The lowest BCUT2D eigenvalue weighted by Crippen LogP contribution is -2.53. The predicted octanol–water partition coefficient (Wildman–Crippen LogP) is 3.82. The van der Waals surface area contributed by atoms with Crippen molar-refractivity contribution in [2.45, 2.75) is 49.9 Å². The number of hydrogen-bond donors (Lipinski definition) is 1. The third-order valence-corrected chi connectivity index (χ3v) is 8.89. The number of halogens is 2. The minimum atomic E-state index is -3.09. The fourth-order valence-corrected chi connectivity index (χ4v) is 6.23. The predicted molar refractivity (Wildman–Crippen MR) is 124 cm³/mol. The summed E-state index contributed by atoms with van der Waals surface area (Å²) in [6.45, 7) is 2.23. The number of alkyl halides is 2. The molecular weight excluding hydrogens is 462 g/mol. The highest BCUT2D eigenvalue weighted by Gasteiger charge is 2.37. The van der Waals surface area contributed by atoms with E-state index in [9.17, 15) is 22.0 Å². The number of likely N-dealkylation sites (tertiary alicyclic amines) is 1. The molecule has 2 aromatic rings. The Bertz CT molecular complexity index is 1140. The van der Waals surface area contributed by atoms with E-state index < -0.39 is 15.8 Å². The van der Waals surface area contributed by atoms with Gasteiger partial charge >= 0.3 is 6.03 Å². The van der Waals surface area contributed by atoms with Crippen LogP contribution in [0.15, 0.2) is 30.3 Å². The van der Waals surface area contributed by atoms with Gasteiger partial charge in [0, 0.05) is 62.1 Å². The number of rotatable bonds is 4. The monoisotopic (exact) mass is 492 g/mol. The number of carbonyl (C=O) groups is 1. The molecule has 3 heterocycles. The number of piperidine rings is 1. The van der Waals surface area contributed by atoms with Crippen molar-refractivity contribution in [3.63, 3.8) is 0 Å². The number of nitrogens with one attached hydrogen (secondary N) is 1. The molecule has 10 heteroatoms. The number of amides is 2. The standard InChI is InChI=1S/C24H30F2N4O3S/c1-24(25,26)20-6-4-16(5-7-20)18-12-19(22-13-21(27-28-22)17-2-3-17)15-30(14-18)23(31)29-8-10-34(32,33)11-9-29/h4-7,13,17-19H,2-3,8-12,14-15H2,1H3,(H,27,28). The first-order valence-corrected chi connectivity index (χ1v) is 13.7. The molecule has 1 aromatic carbocycles. The quantitative estimate of drug-likeness (QED) is 0.703. The molecule has 2 saturated heterocycles. The molecule has 184 valence electrons. The van der Waals surface area contributed by atoms with Crippen molar-refractivity contribution in [3.8, 4) is 0 Å². The number of sulfone groups is 1. The van der Waals surface area contributed by atoms with Crippen LogP contribution in [0.25, 0.3) is 0 Å². The van der Waals surface area contributed by atoms with Gasteiger partial charge in [-0.1, -0.05) is 24.3 Å². The van der Waals surface area contributed by atoms with Gasteiger partial charge < -0.3 is 9.80 Å². The van der Waals surface area contributed by atoms with Gasteiger partial charge in [0.15, 0.2) is 9.84 Å². The van der Waals surface area contributed by atoms with Crippen LogP contribution in [0.2, 0.25) is 0 Å². The molecule has 1 saturated carbocycles. The van der Waals surface area contributed by atoms with E-state index >= 15 is 0 Å². The van der Waals surface area contributed by atoms with Gasteiger partial charge in [-0.25, -0.2) is 22.0 Å². The van der Waals surface area contributed by atoms with E-state index in [0.29, 0.717) is 19.0 Å². The van der Waals surface area contributed by atoms with Crippen LogP contribution in [0.3, 0.4) is 0 Å². The lowest BCUT2D eigenvalue weighted by molar-refractivity contribution is 0.0174. The van der Waals surface area contributed by atoms with Crippen molar-refractivity contribution in [1.82, 2.24) is 20.0 Å². The molecule has 0 bridgehead atoms. The molecule has 0 radical (unpaired) electrons. The Hall–Kier alpha value is -2.49. The van der Waals surface area contributed by atoms with E-state index in [1.165, 1.54) is 12.1 Å². The molecule has 0 spiro atoms. The minimum absolute atomic E-state index is 0.00673. The summed E-state index contributed by atoms with van der Waals surface area (Å²) >= 11 is 0. The number of H-pyrrole nitrogens is 1. The first kappa shape index (κ1) is 23.3.